The summed E-state index contributed by atoms with van der Waals surface area (Å²) in [5.74, 6) is -5.26. The number of carboxylic acids is 2. The highest BCUT2D eigenvalue weighted by Gasteiger charge is 2.48. The molecule has 19 heteroatoms. The lowest BCUT2D eigenvalue weighted by Gasteiger charge is -2.36. The van der Waals surface area contributed by atoms with Crippen molar-refractivity contribution in [1.82, 2.24) is 19.8 Å². The van der Waals surface area contributed by atoms with Crippen LogP contribution in [0.2, 0.25) is 5.02 Å². The Hall–Kier alpha value is -5.23. The maximum Gasteiger partial charge on any atom is 0.490 e. The third-order valence-electron chi connectivity index (χ3n) is 8.49. The highest BCUT2D eigenvalue weighted by atomic mass is 35.5. The molecule has 3 aliphatic rings. The van der Waals surface area contributed by atoms with Crippen LogP contribution in [0.3, 0.4) is 0 Å². The smallest absolute Gasteiger partial charge is 0.487 e. The van der Waals surface area contributed by atoms with E-state index in [9.17, 15) is 40.7 Å². The summed E-state index contributed by atoms with van der Waals surface area (Å²) in [6, 6.07) is 13.4. The number of benzene rings is 1. The first-order valence-corrected chi connectivity index (χ1v) is 16.1. The zero-order valence-electron chi connectivity index (χ0n) is 27.5. The number of nitrogens with one attached hydrogen (secondary N) is 1. The van der Waals surface area contributed by atoms with E-state index in [4.69, 9.17) is 36.1 Å². The topological polar surface area (TPSA) is 168 Å². The van der Waals surface area contributed by atoms with Gasteiger partial charge in [-0.2, -0.15) is 26.3 Å². The minimum atomic E-state index is -5.08. The number of allylic oxidation sites excluding steroid dienone is 1. The molecule has 6 rings (SSSR count). The molecule has 0 saturated carbocycles. The number of piperidine rings is 1. The Morgan fingerprint density at radius 1 is 0.925 bits per heavy atom. The molecule has 53 heavy (non-hydrogen) atoms. The lowest BCUT2D eigenvalue weighted by atomic mass is 9.77. The fourth-order valence-electron chi connectivity index (χ4n) is 5.75. The van der Waals surface area contributed by atoms with Gasteiger partial charge >= 0.3 is 24.3 Å². The van der Waals surface area contributed by atoms with Crippen molar-refractivity contribution >= 4 is 47.1 Å². The fraction of sp³-hybridized carbons (Fsp3) is 0.353. The zero-order valence-corrected chi connectivity index (χ0v) is 28.2. The molecule has 12 nitrogen and oxygen atoms in total. The van der Waals surface area contributed by atoms with Gasteiger partial charge in [-0.3, -0.25) is 34.2 Å². The monoisotopic (exact) mass is 772 g/mol. The molecular formula is C34H31ClF6N4O8. The van der Waals surface area contributed by atoms with Gasteiger partial charge in [-0.15, -0.1) is 0 Å². The van der Waals surface area contributed by atoms with Crippen molar-refractivity contribution < 1.29 is 60.5 Å². The van der Waals surface area contributed by atoms with Gasteiger partial charge in [0.1, 0.15) is 12.4 Å². The van der Waals surface area contributed by atoms with Crippen molar-refractivity contribution in [2.75, 3.05) is 13.1 Å². The van der Waals surface area contributed by atoms with E-state index in [1.54, 1.807) is 35.2 Å². The Labute approximate surface area is 301 Å². The van der Waals surface area contributed by atoms with E-state index in [2.05, 4.69) is 39.5 Å². The number of alkyl halides is 6. The number of likely N-dealkylation sites (tertiary alicyclic amines) is 1. The van der Waals surface area contributed by atoms with Gasteiger partial charge in [0.25, 0.3) is 5.56 Å². The summed E-state index contributed by atoms with van der Waals surface area (Å²) < 4.78 is 70.9. The van der Waals surface area contributed by atoms with E-state index in [0.29, 0.717) is 17.2 Å². The van der Waals surface area contributed by atoms with Gasteiger partial charge in [-0.25, -0.2) is 9.59 Å². The van der Waals surface area contributed by atoms with Gasteiger partial charge in [0, 0.05) is 37.1 Å². The van der Waals surface area contributed by atoms with Crippen molar-refractivity contribution in [3.8, 4) is 5.75 Å². The standard InChI is InChI=1S/C30H29ClN4O4.2C2HF3O2/c31-23-4-5-24(32-17-23)19-39-26-7-10-35(28(37)15-26)25-6-3-21-13-20(1-2-22(21)14-25)18-34-11-8-30(9-12-34)16-27(36)33-29(30)38;2*3-2(4,5)1(6)7/h1-2,4-5,7,10,13-15,17H,3,6,8-9,11-12,16,18-19H2,(H,33,36,38);2*(H,6,7). The van der Waals surface area contributed by atoms with Crippen LogP contribution in [-0.4, -0.2) is 73.9 Å². The van der Waals surface area contributed by atoms with E-state index in [1.165, 1.54) is 17.2 Å². The molecule has 284 valence electrons. The van der Waals surface area contributed by atoms with Crippen LogP contribution < -0.4 is 15.6 Å². The first-order valence-electron chi connectivity index (χ1n) is 15.7. The Bertz CT molecular complexity index is 1910. The summed E-state index contributed by atoms with van der Waals surface area (Å²) in [6.45, 7) is 2.69. The highest BCUT2D eigenvalue weighted by molar-refractivity contribution is 6.30. The molecule has 2 saturated heterocycles. The molecule has 4 heterocycles. The number of aryl methyl sites for hydroxylation is 1. The predicted octanol–water partition coefficient (Wildman–Crippen LogP) is 5.32. The van der Waals surface area contributed by atoms with Gasteiger partial charge in [0.2, 0.25) is 11.8 Å². The van der Waals surface area contributed by atoms with Gasteiger partial charge < -0.3 is 14.9 Å². The second-order valence-corrected chi connectivity index (χ2v) is 12.6. The molecule has 0 radical (unpaired) electrons. The van der Waals surface area contributed by atoms with Crippen molar-refractivity contribution in [1.29, 1.82) is 0 Å². The molecule has 0 bridgehead atoms. The maximum absolute atomic E-state index is 12.9. The lowest BCUT2D eigenvalue weighted by molar-refractivity contribution is -0.193. The number of ether oxygens (including phenoxy) is 1. The zero-order chi connectivity index (χ0) is 39.1. The number of aliphatic carboxylic acids is 2. The molecule has 0 atom stereocenters. The fourth-order valence-corrected chi connectivity index (χ4v) is 5.86. The molecule has 1 aliphatic carbocycles. The average Bonchev–Trinajstić information content (AvgIpc) is 3.36. The van der Waals surface area contributed by atoms with E-state index in [0.717, 1.165) is 62.3 Å². The van der Waals surface area contributed by atoms with E-state index in [-0.39, 0.29) is 24.0 Å². The Balaban J connectivity index is 0.000000381. The van der Waals surface area contributed by atoms with Crippen LogP contribution in [-0.2, 0) is 38.8 Å². The number of aromatic nitrogens is 2. The minimum Gasteiger partial charge on any atom is -0.487 e. The summed E-state index contributed by atoms with van der Waals surface area (Å²) in [4.78, 5) is 61.2. The van der Waals surface area contributed by atoms with Gasteiger partial charge in [0.05, 0.1) is 16.1 Å². The molecule has 1 aromatic carbocycles. The number of fused-ring (bicyclic) bond motifs is 1. The maximum atomic E-state index is 12.9. The lowest BCUT2D eigenvalue weighted by Crippen LogP contribution is -2.43. The number of carbonyl (C=O) groups is 4. The summed E-state index contributed by atoms with van der Waals surface area (Å²) >= 11 is 5.87. The van der Waals surface area contributed by atoms with Crippen molar-refractivity contribution in [3.63, 3.8) is 0 Å². The van der Waals surface area contributed by atoms with Crippen LogP contribution in [0.4, 0.5) is 26.3 Å². The number of carboxylic acid groups (broad SMARTS) is 2. The van der Waals surface area contributed by atoms with E-state index >= 15 is 0 Å². The Morgan fingerprint density at radius 3 is 2.09 bits per heavy atom. The molecule has 3 N–H and O–H groups in total. The number of nitrogens with zero attached hydrogens (tertiary/aromatic N) is 3. The molecule has 2 amide bonds. The largest absolute Gasteiger partial charge is 0.490 e. The third kappa shape index (κ3) is 11.1. The molecule has 1 spiro atoms. The number of hydrogen-bond donors (Lipinski definition) is 3. The first-order chi connectivity index (χ1) is 24.8. The van der Waals surface area contributed by atoms with Crippen LogP contribution in [0.5, 0.6) is 5.75 Å². The number of amides is 2. The third-order valence-corrected chi connectivity index (χ3v) is 8.72. The van der Waals surface area contributed by atoms with Crippen LogP contribution in [0.15, 0.2) is 59.7 Å². The number of imide groups is 1. The van der Waals surface area contributed by atoms with E-state index < -0.39 is 29.7 Å². The summed E-state index contributed by atoms with van der Waals surface area (Å²) in [6.07, 6.45) is -1.36. The molecule has 2 aliphatic heterocycles. The molecule has 0 unspecified atom stereocenters. The minimum absolute atomic E-state index is 0.0972. The van der Waals surface area contributed by atoms with Crippen molar-refractivity contribution in [3.05, 3.63) is 92.6 Å². The summed E-state index contributed by atoms with van der Waals surface area (Å²) in [5, 5.41) is 17.3. The predicted molar refractivity (Wildman–Crippen MR) is 175 cm³/mol. The number of pyridine rings is 2. The number of hydrogen-bond acceptors (Lipinski definition) is 8. The highest BCUT2D eigenvalue weighted by Crippen LogP contribution is 2.39. The SMILES string of the molecule is O=C(O)C(F)(F)F.O=C(O)C(F)(F)F.O=C1CC2(CCN(Cc3ccc4c(c3)CCC(n3ccc(OCc5ccc(Cl)cn5)cc3=O)=C4)CC2)C(=O)N1. The van der Waals surface area contributed by atoms with Crippen LogP contribution in [0.25, 0.3) is 11.8 Å². The van der Waals surface area contributed by atoms with Crippen LogP contribution >= 0.6 is 11.6 Å². The molecule has 2 aromatic heterocycles. The van der Waals surface area contributed by atoms with E-state index in [1.807, 2.05) is 0 Å². The normalized spacial score (nSPS) is 16.6. The number of rotatable bonds is 6. The second-order valence-electron chi connectivity index (χ2n) is 12.2. The molecular weight excluding hydrogens is 742 g/mol. The second kappa shape index (κ2) is 16.6. The first kappa shape index (κ1) is 40.5. The van der Waals surface area contributed by atoms with Crippen LogP contribution in [0, 0.1) is 5.41 Å². The Kier molecular flexibility index (Phi) is 12.7. The Morgan fingerprint density at radius 2 is 1.57 bits per heavy atom. The number of carbonyl (C=O) groups excluding carboxylic acids is 2. The quantitative estimate of drug-likeness (QED) is 0.221. The van der Waals surface area contributed by atoms with Crippen molar-refractivity contribution in [2.45, 2.75) is 57.6 Å². The average molecular weight is 773 g/mol. The summed E-state index contributed by atoms with van der Waals surface area (Å²) in [5.41, 5.74) is 4.69. The van der Waals surface area contributed by atoms with Crippen LogP contribution in [0.1, 0.15) is 48.1 Å². The van der Waals surface area contributed by atoms with Crippen molar-refractivity contribution in [2.24, 2.45) is 5.41 Å². The van der Waals surface area contributed by atoms with Gasteiger partial charge in [0.15, 0.2) is 0 Å². The van der Waals surface area contributed by atoms with Gasteiger partial charge in [-0.05, 0) is 79.7 Å². The van der Waals surface area contributed by atoms with Gasteiger partial charge in [-0.1, -0.05) is 29.8 Å². The molecule has 3 aromatic rings. The summed E-state index contributed by atoms with van der Waals surface area (Å²) in [7, 11) is 0. The number of halogens is 7. The molecule has 2 fully saturated rings.